The summed E-state index contributed by atoms with van der Waals surface area (Å²) in [6.45, 7) is 6.95. The summed E-state index contributed by atoms with van der Waals surface area (Å²) in [7, 11) is 2.24. The predicted molar refractivity (Wildman–Crippen MR) is 150 cm³/mol. The zero-order chi connectivity index (χ0) is 28.3. The summed E-state index contributed by atoms with van der Waals surface area (Å²) in [6, 6.07) is 12.6. The molecular weight excluding hydrogens is 533 g/mol. The average Bonchev–Trinajstić information content (AvgIpc) is 3.25. The molecule has 0 fully saturated rings. The van der Waals surface area contributed by atoms with E-state index in [0.29, 0.717) is 18.1 Å². The number of carbonyl (C=O) groups is 2. The molecule has 10 heteroatoms. The van der Waals surface area contributed by atoms with Gasteiger partial charge in [0.1, 0.15) is 4.75 Å². The van der Waals surface area contributed by atoms with E-state index in [4.69, 9.17) is 0 Å². The van der Waals surface area contributed by atoms with Crippen LogP contribution in [-0.2, 0) is 22.4 Å². The molecule has 0 aromatic heterocycles. The van der Waals surface area contributed by atoms with E-state index in [2.05, 4.69) is 42.4 Å². The van der Waals surface area contributed by atoms with Crippen LogP contribution in [0.4, 0.5) is 18.9 Å². The number of unbranched alkanes of at least 4 members (excludes halogenated alkanes) is 3. The van der Waals surface area contributed by atoms with E-state index in [9.17, 15) is 27.9 Å². The number of hydrogen-bond donors (Lipinski definition) is 2. The number of benzene rings is 2. The Hall–Kier alpha value is -2.17. The molecule has 210 valence electrons. The molecule has 3 rings (SSSR count). The molecule has 1 aliphatic carbocycles. The van der Waals surface area contributed by atoms with Crippen LogP contribution < -0.4 is 5.32 Å². The number of halogens is 3. The fraction of sp³-hybridized carbons (Fsp3) is 0.500. The first kappa shape index (κ1) is 32.0. The Morgan fingerprint density at radius 1 is 1.05 bits per heavy atom. The molecule has 0 radical (unpaired) electrons. The molecule has 0 spiro atoms. The lowest BCUT2D eigenvalue weighted by atomic mass is 10.1. The first-order valence-electron chi connectivity index (χ1n) is 12.6. The second-order valence-corrected chi connectivity index (χ2v) is 12.6. The highest BCUT2D eigenvalue weighted by molar-refractivity contribution is 8.01. The summed E-state index contributed by atoms with van der Waals surface area (Å²) >= 11 is 1.22. The summed E-state index contributed by atoms with van der Waals surface area (Å²) < 4.78 is 35.0. The van der Waals surface area contributed by atoms with Gasteiger partial charge in [0.2, 0.25) is 6.41 Å². The predicted octanol–water partition coefficient (Wildman–Crippen LogP) is 7.49. The third-order valence-corrected chi connectivity index (χ3v) is 8.15. The van der Waals surface area contributed by atoms with Gasteiger partial charge in [-0.3, -0.25) is 9.59 Å². The number of fused-ring (bicyclic) bond motifs is 1. The molecule has 1 amide bonds. The molecule has 0 aliphatic heterocycles. The Balaban J connectivity index is 0.000000308. The van der Waals surface area contributed by atoms with Crippen molar-refractivity contribution in [3.8, 4) is 0 Å². The van der Waals surface area contributed by atoms with Crippen LogP contribution >= 0.6 is 23.5 Å². The van der Waals surface area contributed by atoms with Crippen LogP contribution in [-0.4, -0.2) is 52.3 Å². The molecule has 0 heterocycles. The number of aliphatic carboxylic acids is 1. The lowest BCUT2D eigenvalue weighted by molar-refractivity contribution is -0.138. The van der Waals surface area contributed by atoms with Crippen LogP contribution in [0.2, 0.25) is 0 Å². The molecule has 5 nitrogen and oxygen atoms in total. The first-order chi connectivity index (χ1) is 17.8. The fourth-order valence-corrected chi connectivity index (χ4v) is 5.72. The lowest BCUT2D eigenvalue weighted by Gasteiger charge is -2.23. The monoisotopic (exact) mass is 570 g/mol. The van der Waals surface area contributed by atoms with Crippen molar-refractivity contribution < 1.29 is 27.9 Å². The van der Waals surface area contributed by atoms with Gasteiger partial charge in [0.05, 0.1) is 0 Å². The van der Waals surface area contributed by atoms with Crippen LogP contribution in [0.3, 0.4) is 0 Å². The molecule has 0 saturated carbocycles. The fourth-order valence-electron chi connectivity index (χ4n) is 4.11. The minimum absolute atomic E-state index is 0.0457. The van der Waals surface area contributed by atoms with Crippen molar-refractivity contribution in [1.29, 1.82) is 0 Å². The number of rotatable bonds is 12. The van der Waals surface area contributed by atoms with Crippen LogP contribution in [0.1, 0.15) is 57.6 Å². The lowest BCUT2D eigenvalue weighted by Crippen LogP contribution is -2.33. The standard InChI is InChI=1S/C20H31NO2S.C8H6F3NOS/c1-5-6-7-8-11-21(4)17-12-15-9-10-18(14-16(15)13-17)24-20(2,3)19(22)23;9-8(10,11)14-7-3-1-2-6(4-7)12-5-13/h9-10,14,17H,5-8,11-13H2,1-4H3,(H,22,23);1-5H,(H,12,13). The maximum Gasteiger partial charge on any atom is 0.446 e. The highest BCUT2D eigenvalue weighted by Crippen LogP contribution is 2.38. The summed E-state index contributed by atoms with van der Waals surface area (Å²) in [6.07, 6.45) is 7.84. The van der Waals surface area contributed by atoms with Gasteiger partial charge in [-0.1, -0.05) is 38.3 Å². The smallest absolute Gasteiger partial charge is 0.446 e. The third kappa shape index (κ3) is 10.9. The molecular formula is C28H37F3N2O3S2. The van der Waals surface area contributed by atoms with Crippen molar-refractivity contribution in [2.24, 2.45) is 0 Å². The van der Waals surface area contributed by atoms with Crippen molar-refractivity contribution in [3.05, 3.63) is 53.6 Å². The Labute approximate surface area is 231 Å². The minimum atomic E-state index is -4.31. The topological polar surface area (TPSA) is 69.6 Å². The number of amides is 1. The van der Waals surface area contributed by atoms with Gasteiger partial charge in [-0.2, -0.15) is 13.2 Å². The number of nitrogens with zero attached hydrogens (tertiary/aromatic N) is 1. The Morgan fingerprint density at radius 3 is 2.37 bits per heavy atom. The molecule has 0 saturated heterocycles. The Bertz CT molecular complexity index is 1060. The normalized spacial score (nSPS) is 15.0. The molecule has 1 aliphatic rings. The number of carbonyl (C=O) groups excluding carboxylic acids is 1. The second kappa shape index (κ2) is 14.8. The Morgan fingerprint density at radius 2 is 1.74 bits per heavy atom. The number of hydrogen-bond acceptors (Lipinski definition) is 5. The average molecular weight is 571 g/mol. The number of thioether (sulfide) groups is 2. The zero-order valence-electron chi connectivity index (χ0n) is 22.3. The number of anilines is 1. The molecule has 1 atom stereocenters. The van der Waals surface area contributed by atoms with Crippen molar-refractivity contribution >= 4 is 41.6 Å². The summed E-state index contributed by atoms with van der Waals surface area (Å²) in [5.41, 5.74) is -1.14. The maximum atomic E-state index is 11.9. The summed E-state index contributed by atoms with van der Waals surface area (Å²) in [5, 5.41) is 11.6. The van der Waals surface area contributed by atoms with E-state index in [-0.39, 0.29) is 16.7 Å². The van der Waals surface area contributed by atoms with Gasteiger partial charge in [0, 0.05) is 21.5 Å². The van der Waals surface area contributed by atoms with Crippen molar-refractivity contribution in [1.82, 2.24) is 4.90 Å². The molecule has 2 N–H and O–H groups in total. The second-order valence-electron chi connectivity index (χ2n) is 9.79. The molecule has 1 unspecified atom stereocenters. The number of likely N-dealkylation sites (N-methyl/N-ethyl adjacent to an activating group) is 1. The van der Waals surface area contributed by atoms with Crippen LogP contribution in [0.25, 0.3) is 0 Å². The van der Waals surface area contributed by atoms with Gasteiger partial charge in [-0.25, -0.2) is 0 Å². The summed E-state index contributed by atoms with van der Waals surface area (Å²) in [4.78, 5) is 25.0. The number of carboxylic acid groups (broad SMARTS) is 1. The summed E-state index contributed by atoms with van der Waals surface area (Å²) in [5.74, 6) is -0.766. The molecule has 38 heavy (non-hydrogen) atoms. The van der Waals surface area contributed by atoms with E-state index < -0.39 is 16.2 Å². The highest BCUT2D eigenvalue weighted by atomic mass is 32.2. The van der Waals surface area contributed by atoms with Gasteiger partial charge in [-0.15, -0.1) is 11.8 Å². The van der Waals surface area contributed by atoms with Gasteiger partial charge in [-0.05, 0) is 99.9 Å². The molecule has 0 bridgehead atoms. The molecule has 2 aromatic carbocycles. The maximum absolute atomic E-state index is 11.9. The minimum Gasteiger partial charge on any atom is -0.480 e. The van der Waals surface area contributed by atoms with E-state index in [1.807, 2.05) is 0 Å². The number of carboxylic acids is 1. The zero-order valence-corrected chi connectivity index (χ0v) is 23.9. The van der Waals surface area contributed by atoms with E-state index in [0.717, 1.165) is 17.7 Å². The van der Waals surface area contributed by atoms with Gasteiger partial charge >= 0.3 is 11.5 Å². The first-order valence-corrected chi connectivity index (χ1v) is 14.3. The number of alkyl halides is 3. The van der Waals surface area contributed by atoms with E-state index in [1.165, 1.54) is 79.4 Å². The van der Waals surface area contributed by atoms with Crippen molar-refractivity contribution in [3.63, 3.8) is 0 Å². The SMILES string of the molecule is CCCCCCN(C)C1Cc2ccc(SC(C)(C)C(=O)O)cc2C1.O=CNc1cccc(SC(F)(F)F)c1. The molecule has 2 aromatic rings. The van der Waals surface area contributed by atoms with Crippen LogP contribution in [0.5, 0.6) is 0 Å². The van der Waals surface area contributed by atoms with Gasteiger partial charge < -0.3 is 15.3 Å². The van der Waals surface area contributed by atoms with Gasteiger partial charge in [0.15, 0.2) is 0 Å². The van der Waals surface area contributed by atoms with Crippen LogP contribution in [0, 0.1) is 0 Å². The van der Waals surface area contributed by atoms with Gasteiger partial charge in [0.25, 0.3) is 0 Å². The van der Waals surface area contributed by atoms with E-state index in [1.54, 1.807) is 13.8 Å². The third-order valence-electron chi connectivity index (χ3n) is 6.26. The highest BCUT2D eigenvalue weighted by Gasteiger charge is 2.30. The van der Waals surface area contributed by atoms with Crippen molar-refractivity contribution in [2.75, 3.05) is 18.9 Å². The quantitative estimate of drug-likeness (QED) is 0.157. The van der Waals surface area contributed by atoms with Crippen LogP contribution in [0.15, 0.2) is 52.3 Å². The number of nitrogens with one attached hydrogen (secondary N) is 1. The largest absolute Gasteiger partial charge is 0.480 e. The Kier molecular flexibility index (Phi) is 12.5. The van der Waals surface area contributed by atoms with E-state index >= 15 is 0 Å². The van der Waals surface area contributed by atoms with Crippen molar-refractivity contribution in [2.45, 2.75) is 85.4 Å².